The van der Waals surface area contributed by atoms with Crippen LogP contribution in [0.1, 0.15) is 41.2 Å². The first-order chi connectivity index (χ1) is 12.5. The molecular formula is C20H17ClN4O. The fourth-order valence-corrected chi connectivity index (χ4v) is 2.94. The highest BCUT2D eigenvalue weighted by Gasteiger charge is 2.11. The van der Waals surface area contributed by atoms with Gasteiger partial charge in [0.2, 0.25) is 0 Å². The highest BCUT2D eigenvalue weighted by Crippen LogP contribution is 2.21. The van der Waals surface area contributed by atoms with Crippen LogP contribution in [0.15, 0.2) is 36.4 Å². The lowest BCUT2D eigenvalue weighted by Gasteiger charge is -2.09. The number of aromatic nitrogens is 2. The molecule has 26 heavy (non-hydrogen) atoms. The van der Waals surface area contributed by atoms with Crippen molar-refractivity contribution in [1.29, 1.82) is 5.26 Å². The molecule has 1 amide bonds. The number of benzene rings is 2. The van der Waals surface area contributed by atoms with Crippen LogP contribution in [0, 0.1) is 11.3 Å². The molecule has 0 radical (unpaired) electrons. The minimum Gasteiger partial charge on any atom is -0.322 e. The lowest BCUT2D eigenvalue weighted by molar-refractivity contribution is 0.102. The van der Waals surface area contributed by atoms with Gasteiger partial charge in [-0.25, -0.2) is 9.97 Å². The zero-order valence-corrected chi connectivity index (χ0v) is 15.3. The van der Waals surface area contributed by atoms with Crippen molar-refractivity contribution in [1.82, 2.24) is 9.97 Å². The number of fused-ring (bicyclic) bond motifs is 1. The van der Waals surface area contributed by atoms with Gasteiger partial charge in [-0.15, -0.1) is 0 Å². The van der Waals surface area contributed by atoms with Crippen LogP contribution >= 0.6 is 11.6 Å². The van der Waals surface area contributed by atoms with Crippen molar-refractivity contribution in [3.05, 3.63) is 63.9 Å². The Labute approximate surface area is 156 Å². The van der Waals surface area contributed by atoms with E-state index in [1.54, 1.807) is 30.3 Å². The van der Waals surface area contributed by atoms with Crippen LogP contribution in [-0.4, -0.2) is 15.9 Å². The summed E-state index contributed by atoms with van der Waals surface area (Å²) in [6.07, 6.45) is 1.63. The molecule has 0 bridgehead atoms. The summed E-state index contributed by atoms with van der Waals surface area (Å²) in [5.41, 5.74) is 4.80. The van der Waals surface area contributed by atoms with Crippen molar-refractivity contribution in [2.24, 2.45) is 0 Å². The standard InChI is InChI=1S/C20H17ClN4O/c1-3-16-17(4-2)25-19-9-12(6-8-18(19)24-16)20(26)23-14-7-5-13(11-22)15(21)10-14/h5-10H,3-4H2,1-2H3,(H,23,26). The molecule has 0 atom stereocenters. The van der Waals surface area contributed by atoms with Crippen LogP contribution < -0.4 is 5.32 Å². The molecule has 3 aromatic rings. The quantitative estimate of drug-likeness (QED) is 0.737. The van der Waals surface area contributed by atoms with Gasteiger partial charge < -0.3 is 5.32 Å². The number of hydrogen-bond donors (Lipinski definition) is 1. The topological polar surface area (TPSA) is 78.7 Å². The number of hydrogen-bond acceptors (Lipinski definition) is 4. The van der Waals surface area contributed by atoms with E-state index in [0.29, 0.717) is 27.4 Å². The van der Waals surface area contributed by atoms with Crippen molar-refractivity contribution in [2.75, 3.05) is 5.32 Å². The van der Waals surface area contributed by atoms with Crippen LogP contribution in [0.5, 0.6) is 0 Å². The lowest BCUT2D eigenvalue weighted by atomic mass is 10.1. The summed E-state index contributed by atoms with van der Waals surface area (Å²) in [7, 11) is 0. The smallest absolute Gasteiger partial charge is 0.255 e. The molecule has 0 aliphatic heterocycles. The van der Waals surface area contributed by atoms with Gasteiger partial charge in [0.25, 0.3) is 5.91 Å². The Morgan fingerprint density at radius 3 is 2.38 bits per heavy atom. The second-order valence-electron chi connectivity index (χ2n) is 5.79. The van der Waals surface area contributed by atoms with E-state index >= 15 is 0 Å². The number of aryl methyl sites for hydroxylation is 2. The SMILES string of the molecule is CCc1nc2ccc(C(=O)Nc3ccc(C#N)c(Cl)c3)cc2nc1CC. The van der Waals surface area contributed by atoms with Crippen molar-refractivity contribution in [2.45, 2.75) is 26.7 Å². The summed E-state index contributed by atoms with van der Waals surface area (Å²) in [5.74, 6) is -0.271. The summed E-state index contributed by atoms with van der Waals surface area (Å²) < 4.78 is 0. The Kier molecular flexibility index (Phi) is 5.15. The highest BCUT2D eigenvalue weighted by atomic mass is 35.5. The maximum atomic E-state index is 12.5. The molecule has 0 fully saturated rings. The first-order valence-electron chi connectivity index (χ1n) is 8.36. The summed E-state index contributed by atoms with van der Waals surface area (Å²) in [6, 6.07) is 12.0. The molecule has 1 N–H and O–H groups in total. The molecule has 2 aromatic carbocycles. The maximum absolute atomic E-state index is 12.5. The van der Waals surface area contributed by atoms with Gasteiger partial charge >= 0.3 is 0 Å². The van der Waals surface area contributed by atoms with E-state index < -0.39 is 0 Å². The molecule has 0 aliphatic carbocycles. The minimum absolute atomic E-state index is 0.271. The van der Waals surface area contributed by atoms with Gasteiger partial charge in [0.1, 0.15) is 6.07 Å². The summed E-state index contributed by atoms with van der Waals surface area (Å²) in [5, 5.41) is 12.0. The van der Waals surface area contributed by atoms with Crippen LogP contribution in [0.4, 0.5) is 5.69 Å². The van der Waals surface area contributed by atoms with E-state index in [1.807, 2.05) is 19.1 Å². The molecule has 1 heterocycles. The van der Waals surface area contributed by atoms with E-state index in [-0.39, 0.29) is 5.91 Å². The van der Waals surface area contributed by atoms with Gasteiger partial charge in [0.15, 0.2) is 0 Å². The van der Waals surface area contributed by atoms with E-state index in [1.165, 1.54) is 0 Å². The number of nitrogens with zero attached hydrogens (tertiary/aromatic N) is 3. The fourth-order valence-electron chi connectivity index (χ4n) is 2.72. The maximum Gasteiger partial charge on any atom is 0.255 e. The van der Waals surface area contributed by atoms with Gasteiger partial charge in [0, 0.05) is 11.3 Å². The predicted molar refractivity (Wildman–Crippen MR) is 102 cm³/mol. The zero-order valence-electron chi connectivity index (χ0n) is 14.5. The number of nitrogens with one attached hydrogen (secondary N) is 1. The van der Waals surface area contributed by atoms with Gasteiger partial charge in [-0.2, -0.15) is 5.26 Å². The molecule has 1 aromatic heterocycles. The number of nitriles is 1. The Morgan fingerprint density at radius 1 is 1.08 bits per heavy atom. The molecule has 0 saturated heterocycles. The second-order valence-corrected chi connectivity index (χ2v) is 6.20. The van der Waals surface area contributed by atoms with Crippen molar-refractivity contribution in [3.8, 4) is 6.07 Å². The molecule has 0 spiro atoms. The molecule has 130 valence electrons. The molecule has 5 nitrogen and oxygen atoms in total. The highest BCUT2D eigenvalue weighted by molar-refractivity contribution is 6.32. The monoisotopic (exact) mass is 364 g/mol. The fraction of sp³-hybridized carbons (Fsp3) is 0.200. The third-order valence-corrected chi connectivity index (χ3v) is 4.41. The largest absolute Gasteiger partial charge is 0.322 e. The molecule has 0 unspecified atom stereocenters. The Morgan fingerprint density at radius 2 is 1.77 bits per heavy atom. The molecular weight excluding hydrogens is 348 g/mol. The Hall–Kier alpha value is -2.97. The third-order valence-electron chi connectivity index (χ3n) is 4.10. The average Bonchev–Trinajstić information content (AvgIpc) is 2.66. The van der Waals surface area contributed by atoms with Crippen LogP contribution in [-0.2, 0) is 12.8 Å². The van der Waals surface area contributed by atoms with Crippen LogP contribution in [0.2, 0.25) is 5.02 Å². The van der Waals surface area contributed by atoms with Gasteiger partial charge in [-0.1, -0.05) is 25.4 Å². The zero-order chi connectivity index (χ0) is 18.7. The van der Waals surface area contributed by atoms with Gasteiger partial charge in [0.05, 0.1) is 33.0 Å². The van der Waals surface area contributed by atoms with E-state index in [4.69, 9.17) is 16.9 Å². The molecule has 6 heteroatoms. The second kappa shape index (κ2) is 7.51. The number of anilines is 1. The lowest BCUT2D eigenvalue weighted by Crippen LogP contribution is -2.12. The van der Waals surface area contributed by atoms with E-state index in [9.17, 15) is 4.79 Å². The van der Waals surface area contributed by atoms with E-state index in [0.717, 1.165) is 29.7 Å². The molecule has 3 rings (SSSR count). The first kappa shape index (κ1) is 17.8. The predicted octanol–water partition coefficient (Wildman–Crippen LogP) is 4.53. The van der Waals surface area contributed by atoms with Gasteiger partial charge in [-0.3, -0.25) is 4.79 Å². The normalized spacial score (nSPS) is 10.5. The number of carbonyl (C=O) groups excluding carboxylic acids is 1. The number of carbonyl (C=O) groups is 1. The van der Waals surface area contributed by atoms with E-state index in [2.05, 4.69) is 22.2 Å². The van der Waals surface area contributed by atoms with Crippen LogP contribution in [0.25, 0.3) is 11.0 Å². The number of amides is 1. The minimum atomic E-state index is -0.271. The van der Waals surface area contributed by atoms with Crippen molar-refractivity contribution >= 4 is 34.2 Å². The number of halogens is 1. The average molecular weight is 365 g/mol. The Balaban J connectivity index is 1.91. The Bertz CT molecular complexity index is 1040. The van der Waals surface area contributed by atoms with Crippen molar-refractivity contribution in [3.63, 3.8) is 0 Å². The third kappa shape index (κ3) is 3.51. The summed E-state index contributed by atoms with van der Waals surface area (Å²) in [4.78, 5) is 21.8. The first-order valence-corrected chi connectivity index (χ1v) is 8.74. The van der Waals surface area contributed by atoms with Crippen LogP contribution in [0.3, 0.4) is 0 Å². The molecule has 0 aliphatic rings. The summed E-state index contributed by atoms with van der Waals surface area (Å²) >= 11 is 6.01. The summed E-state index contributed by atoms with van der Waals surface area (Å²) in [6.45, 7) is 4.10. The van der Waals surface area contributed by atoms with Gasteiger partial charge in [-0.05, 0) is 49.2 Å². The number of rotatable bonds is 4. The van der Waals surface area contributed by atoms with Crippen molar-refractivity contribution < 1.29 is 4.79 Å². The molecule has 0 saturated carbocycles.